The fourth-order valence-electron chi connectivity index (χ4n) is 1.33. The lowest BCUT2D eigenvalue weighted by atomic mass is 10.2. The maximum atomic E-state index is 11.7. The SMILES string of the molecule is COC(=O)c1sccc1NC(=O)CC(CN)OC. The van der Waals surface area contributed by atoms with E-state index in [9.17, 15) is 9.59 Å². The Morgan fingerprint density at radius 1 is 1.50 bits per heavy atom. The average molecular weight is 272 g/mol. The van der Waals surface area contributed by atoms with Crippen LogP contribution >= 0.6 is 11.3 Å². The molecule has 1 atom stereocenters. The zero-order chi connectivity index (χ0) is 13.5. The van der Waals surface area contributed by atoms with E-state index in [1.807, 2.05) is 0 Å². The number of carbonyl (C=O) groups is 2. The van der Waals surface area contributed by atoms with Crippen LogP contribution in [-0.2, 0) is 14.3 Å². The van der Waals surface area contributed by atoms with Gasteiger partial charge in [0.1, 0.15) is 4.88 Å². The summed E-state index contributed by atoms with van der Waals surface area (Å²) in [4.78, 5) is 23.5. The highest BCUT2D eigenvalue weighted by molar-refractivity contribution is 7.12. The van der Waals surface area contributed by atoms with Gasteiger partial charge in [-0.25, -0.2) is 4.79 Å². The molecule has 0 aliphatic rings. The van der Waals surface area contributed by atoms with Gasteiger partial charge in [0.25, 0.3) is 0 Å². The van der Waals surface area contributed by atoms with Crippen molar-refractivity contribution in [2.24, 2.45) is 5.73 Å². The molecule has 0 bridgehead atoms. The minimum absolute atomic E-state index is 0.142. The van der Waals surface area contributed by atoms with E-state index >= 15 is 0 Å². The summed E-state index contributed by atoms with van der Waals surface area (Å²) < 4.78 is 9.63. The number of methoxy groups -OCH3 is 2. The summed E-state index contributed by atoms with van der Waals surface area (Å²) >= 11 is 1.21. The number of nitrogens with one attached hydrogen (secondary N) is 1. The van der Waals surface area contributed by atoms with Gasteiger partial charge in [-0.3, -0.25) is 4.79 Å². The van der Waals surface area contributed by atoms with E-state index in [0.717, 1.165) is 0 Å². The highest BCUT2D eigenvalue weighted by Gasteiger charge is 2.17. The lowest BCUT2D eigenvalue weighted by Gasteiger charge is -2.12. The quantitative estimate of drug-likeness (QED) is 0.749. The number of carbonyl (C=O) groups excluding carboxylic acids is 2. The zero-order valence-corrected chi connectivity index (χ0v) is 11.1. The fraction of sp³-hybridized carbons (Fsp3) is 0.455. The standard InChI is InChI=1S/C11H16N2O4S/c1-16-7(6-12)5-9(14)13-8-3-4-18-10(8)11(15)17-2/h3-4,7H,5-6,12H2,1-2H3,(H,13,14). The molecular formula is C11H16N2O4S. The Balaban J connectivity index is 2.65. The lowest BCUT2D eigenvalue weighted by Crippen LogP contribution is -2.28. The van der Waals surface area contributed by atoms with Crippen LogP contribution < -0.4 is 11.1 Å². The van der Waals surface area contributed by atoms with Gasteiger partial charge in [-0.1, -0.05) is 0 Å². The van der Waals surface area contributed by atoms with E-state index in [4.69, 9.17) is 10.5 Å². The Kier molecular flexibility index (Phi) is 5.76. The Bertz CT molecular complexity index is 415. The number of esters is 1. The number of hydrogen-bond acceptors (Lipinski definition) is 6. The Hall–Kier alpha value is -1.44. The van der Waals surface area contributed by atoms with Gasteiger partial charge in [0.15, 0.2) is 0 Å². The molecule has 100 valence electrons. The first-order valence-electron chi connectivity index (χ1n) is 5.30. The van der Waals surface area contributed by atoms with Crippen LogP contribution in [0.25, 0.3) is 0 Å². The molecule has 6 nitrogen and oxygen atoms in total. The van der Waals surface area contributed by atoms with Gasteiger partial charge in [0, 0.05) is 13.7 Å². The smallest absolute Gasteiger partial charge is 0.350 e. The summed E-state index contributed by atoms with van der Waals surface area (Å²) in [6.07, 6.45) is -0.186. The third-order valence-corrected chi connectivity index (χ3v) is 3.21. The van der Waals surface area contributed by atoms with Crippen LogP contribution in [0.15, 0.2) is 11.4 Å². The van der Waals surface area contributed by atoms with Crippen molar-refractivity contribution in [1.29, 1.82) is 0 Å². The average Bonchev–Trinajstić information content (AvgIpc) is 2.82. The second kappa shape index (κ2) is 7.10. The molecule has 0 aliphatic carbocycles. The maximum absolute atomic E-state index is 11.7. The highest BCUT2D eigenvalue weighted by atomic mass is 32.1. The summed E-state index contributed by atoms with van der Waals surface area (Å²) in [5, 5.41) is 4.35. The third-order valence-electron chi connectivity index (χ3n) is 2.32. The molecule has 0 spiro atoms. The van der Waals surface area contributed by atoms with E-state index in [2.05, 4.69) is 10.1 Å². The van der Waals surface area contributed by atoms with Crippen LogP contribution in [0.5, 0.6) is 0 Å². The van der Waals surface area contributed by atoms with E-state index in [1.165, 1.54) is 25.6 Å². The molecule has 0 saturated heterocycles. The van der Waals surface area contributed by atoms with Crippen molar-refractivity contribution in [3.8, 4) is 0 Å². The predicted octanol–water partition coefficient (Wildman–Crippen LogP) is 0.837. The van der Waals surface area contributed by atoms with Gasteiger partial charge in [0.2, 0.25) is 5.91 Å². The second-order valence-corrected chi connectivity index (χ2v) is 4.42. The number of anilines is 1. The lowest BCUT2D eigenvalue weighted by molar-refractivity contribution is -0.118. The van der Waals surface area contributed by atoms with Gasteiger partial charge < -0.3 is 20.5 Å². The number of nitrogens with two attached hydrogens (primary N) is 1. The minimum Gasteiger partial charge on any atom is -0.465 e. The molecule has 7 heteroatoms. The molecule has 1 unspecified atom stereocenters. The molecule has 0 aromatic carbocycles. The van der Waals surface area contributed by atoms with Crippen molar-refractivity contribution >= 4 is 28.9 Å². The van der Waals surface area contributed by atoms with Gasteiger partial charge in [0.05, 0.1) is 25.3 Å². The summed E-state index contributed by atoms with van der Waals surface area (Å²) in [7, 11) is 2.79. The van der Waals surface area contributed by atoms with Crippen molar-refractivity contribution in [1.82, 2.24) is 0 Å². The zero-order valence-electron chi connectivity index (χ0n) is 10.3. The monoisotopic (exact) mass is 272 g/mol. The molecule has 0 fully saturated rings. The first kappa shape index (κ1) is 14.6. The van der Waals surface area contributed by atoms with Gasteiger partial charge in [-0.05, 0) is 11.4 Å². The molecule has 18 heavy (non-hydrogen) atoms. The van der Waals surface area contributed by atoms with E-state index in [1.54, 1.807) is 11.4 Å². The van der Waals surface area contributed by atoms with Crippen molar-refractivity contribution in [2.45, 2.75) is 12.5 Å². The van der Waals surface area contributed by atoms with E-state index < -0.39 is 5.97 Å². The molecule has 1 aromatic heterocycles. The summed E-state index contributed by atoms with van der Waals surface area (Å²) in [6.45, 7) is 0.261. The van der Waals surface area contributed by atoms with Gasteiger partial charge in [-0.15, -0.1) is 11.3 Å². The highest BCUT2D eigenvalue weighted by Crippen LogP contribution is 2.23. The van der Waals surface area contributed by atoms with E-state index in [0.29, 0.717) is 10.6 Å². The maximum Gasteiger partial charge on any atom is 0.350 e. The fourth-order valence-corrected chi connectivity index (χ4v) is 2.10. The summed E-state index contributed by atoms with van der Waals surface area (Å²) in [5.74, 6) is -0.724. The van der Waals surface area contributed by atoms with Gasteiger partial charge >= 0.3 is 5.97 Å². The molecule has 1 rings (SSSR count). The number of thiophene rings is 1. The first-order chi connectivity index (χ1) is 8.62. The Labute approximate surface area is 109 Å². The number of ether oxygens (including phenoxy) is 2. The molecule has 0 radical (unpaired) electrons. The molecule has 3 N–H and O–H groups in total. The van der Waals surface area contributed by atoms with E-state index in [-0.39, 0.29) is 25.0 Å². The van der Waals surface area contributed by atoms with Crippen molar-refractivity contribution in [3.63, 3.8) is 0 Å². The molecule has 1 heterocycles. The van der Waals surface area contributed by atoms with Crippen LogP contribution in [0.2, 0.25) is 0 Å². The largest absolute Gasteiger partial charge is 0.465 e. The molecule has 1 amide bonds. The Morgan fingerprint density at radius 3 is 2.78 bits per heavy atom. The second-order valence-electron chi connectivity index (χ2n) is 3.50. The van der Waals surface area contributed by atoms with Crippen LogP contribution in [-0.4, -0.2) is 38.7 Å². The van der Waals surface area contributed by atoms with Crippen molar-refractivity contribution in [2.75, 3.05) is 26.1 Å². The van der Waals surface area contributed by atoms with Gasteiger partial charge in [-0.2, -0.15) is 0 Å². The number of amides is 1. The molecule has 1 aromatic rings. The minimum atomic E-state index is -0.470. The summed E-state index contributed by atoms with van der Waals surface area (Å²) in [6, 6.07) is 1.65. The molecule has 0 aliphatic heterocycles. The molecule has 0 saturated carbocycles. The van der Waals surface area contributed by atoms with Crippen molar-refractivity contribution < 1.29 is 19.1 Å². The summed E-state index contributed by atoms with van der Waals surface area (Å²) in [5.41, 5.74) is 5.88. The number of hydrogen-bond donors (Lipinski definition) is 2. The first-order valence-corrected chi connectivity index (χ1v) is 6.18. The number of rotatable bonds is 6. The third kappa shape index (κ3) is 3.80. The van der Waals surface area contributed by atoms with Crippen LogP contribution in [0.3, 0.4) is 0 Å². The van der Waals surface area contributed by atoms with Crippen LogP contribution in [0.4, 0.5) is 5.69 Å². The van der Waals surface area contributed by atoms with Crippen molar-refractivity contribution in [3.05, 3.63) is 16.3 Å². The Morgan fingerprint density at radius 2 is 2.22 bits per heavy atom. The van der Waals surface area contributed by atoms with Crippen LogP contribution in [0, 0.1) is 0 Å². The predicted molar refractivity (Wildman–Crippen MR) is 68.8 cm³/mol. The topological polar surface area (TPSA) is 90.7 Å². The molecular weight excluding hydrogens is 256 g/mol. The van der Waals surface area contributed by atoms with Crippen LogP contribution in [0.1, 0.15) is 16.1 Å². The normalized spacial score (nSPS) is 11.9.